The molecule has 68 valence electrons. The fraction of sp³-hybridized carbons (Fsp3) is 0. The van der Waals surface area contributed by atoms with Gasteiger partial charge in [-0.25, -0.2) is 0 Å². The highest BCUT2D eigenvalue weighted by Crippen LogP contribution is 0.713. The lowest BCUT2D eigenvalue weighted by molar-refractivity contribution is -0.176. The quantitative estimate of drug-likeness (QED) is 0.203. The lowest BCUT2D eigenvalue weighted by atomic mass is 15.0. The van der Waals surface area contributed by atoms with Gasteiger partial charge in [-0.15, -0.1) is 0 Å². The summed E-state index contributed by atoms with van der Waals surface area (Å²) in [6.45, 7) is 0. The summed E-state index contributed by atoms with van der Waals surface area (Å²) in [6, 6.07) is 0. The second-order valence-electron chi connectivity index (χ2n) is 0. The van der Waals surface area contributed by atoms with Crippen molar-refractivity contribution in [3.05, 3.63) is 0 Å². The maximum absolute atomic E-state index is 6.00. The Morgan fingerprint density at radius 3 is 0.333 bits per heavy atom. The average molecular weight is 158 g/mol. The van der Waals surface area contributed by atoms with Gasteiger partial charge in [-0.05, 0) is 0 Å². The first-order valence-corrected chi connectivity index (χ1v) is 0.400. The van der Waals surface area contributed by atoms with Crippen LogP contribution in [0.25, 0.3) is 0 Å². The fourth-order valence-electron chi connectivity index (χ4n) is 0. The highest BCUT2D eigenvalue weighted by molar-refractivity contribution is 1.83. The van der Waals surface area contributed by atoms with Crippen molar-refractivity contribution in [1.82, 2.24) is 0 Å². The van der Waals surface area contributed by atoms with Gasteiger partial charge in [0, 0.05) is 0 Å². The van der Waals surface area contributed by atoms with Crippen LogP contribution in [0, 0.1) is 0 Å². The van der Waals surface area contributed by atoms with E-state index in [4.69, 9.17) is 21.0 Å². The largest absolute Gasteiger partial charge is 0.412 e. The molecule has 9 nitrogen and oxygen atoms in total. The van der Waals surface area contributed by atoms with E-state index in [1.54, 1.807) is 0 Å². The third-order valence-corrected chi connectivity index (χ3v) is 0. The van der Waals surface area contributed by atoms with Crippen LogP contribution >= 0.6 is 0 Å². The number of hydrogen-bond donors (Lipinski definition) is 4. The van der Waals surface area contributed by atoms with E-state index in [1.165, 1.54) is 0 Å². The molecule has 0 spiro atoms. The SMILES string of the molecule is O.O.O.O.O.OO.OO. The van der Waals surface area contributed by atoms with Gasteiger partial charge in [-0.2, -0.15) is 0 Å². The van der Waals surface area contributed by atoms with E-state index >= 15 is 0 Å². The molecule has 9 heavy (non-hydrogen) atoms. The minimum absolute atomic E-state index is 0. The minimum atomic E-state index is 0. The zero-order valence-electron chi connectivity index (χ0n) is 4.29. The molecule has 0 rings (SSSR count). The Bertz CT molecular complexity index is 0. The first-order chi connectivity index (χ1) is 2.00. The van der Waals surface area contributed by atoms with Crippen LogP contribution in [-0.4, -0.2) is 48.4 Å². The Balaban J connectivity index is -0.00000000114. The Hall–Kier alpha value is -0.360. The van der Waals surface area contributed by atoms with Crippen molar-refractivity contribution in [2.45, 2.75) is 0 Å². The van der Waals surface area contributed by atoms with Crippen LogP contribution in [0.3, 0.4) is 0 Å². The molecule has 0 aromatic heterocycles. The molecule has 0 bridgehead atoms. The topological polar surface area (TPSA) is 238 Å². The standard InChI is InChI=1S/2H2O2.5H2O/c2*1-2;;;;;/h2*1-2H;5*1H2. The number of hydrogen-bond acceptors (Lipinski definition) is 4. The second-order valence-corrected chi connectivity index (χ2v) is 0. The molecule has 0 aromatic carbocycles. The third-order valence-electron chi connectivity index (χ3n) is 0. The molecule has 0 radical (unpaired) electrons. The molecular formula is H14O9. The van der Waals surface area contributed by atoms with E-state index in [1.807, 2.05) is 0 Å². The Morgan fingerprint density at radius 1 is 0.333 bits per heavy atom. The summed E-state index contributed by atoms with van der Waals surface area (Å²) in [6.07, 6.45) is 0. The zero-order chi connectivity index (χ0) is 4.00. The lowest BCUT2D eigenvalue weighted by Crippen LogP contribution is -1.29. The Labute approximate surface area is 49.8 Å². The van der Waals surface area contributed by atoms with E-state index in [0.29, 0.717) is 0 Å². The maximum atomic E-state index is 6.00. The average Bonchev–Trinajstić information content (AvgIpc) is 1.50. The fourth-order valence-corrected chi connectivity index (χ4v) is 0. The summed E-state index contributed by atoms with van der Waals surface area (Å²) in [5.74, 6) is 0. The highest BCUT2D eigenvalue weighted by Gasteiger charge is 0.747. The molecule has 0 atom stereocenters. The van der Waals surface area contributed by atoms with Crippen LogP contribution in [0.2, 0.25) is 0 Å². The van der Waals surface area contributed by atoms with Gasteiger partial charge >= 0.3 is 0 Å². The molecular weight excluding hydrogens is 144 g/mol. The molecule has 0 saturated carbocycles. The zero-order valence-corrected chi connectivity index (χ0v) is 4.29. The molecule has 0 unspecified atom stereocenters. The predicted octanol–water partition coefficient (Wildman–Crippen LogP) is -4.09. The van der Waals surface area contributed by atoms with E-state index in [2.05, 4.69) is 0 Å². The van der Waals surface area contributed by atoms with Gasteiger partial charge in [0.2, 0.25) is 0 Å². The van der Waals surface area contributed by atoms with Crippen LogP contribution < -0.4 is 0 Å². The molecule has 0 fully saturated rings. The van der Waals surface area contributed by atoms with Crippen molar-refractivity contribution in [2.75, 3.05) is 0 Å². The summed E-state index contributed by atoms with van der Waals surface area (Å²) in [4.78, 5) is 0. The summed E-state index contributed by atoms with van der Waals surface area (Å²) < 4.78 is 0. The highest BCUT2D eigenvalue weighted by atomic mass is 17.0. The van der Waals surface area contributed by atoms with Gasteiger partial charge in [0.25, 0.3) is 0 Å². The van der Waals surface area contributed by atoms with E-state index in [0.717, 1.165) is 0 Å². The summed E-state index contributed by atoms with van der Waals surface area (Å²) in [5.41, 5.74) is 0. The smallest absolute Gasteiger partial charge is 0.255 e. The second kappa shape index (κ2) is 2600. The monoisotopic (exact) mass is 158 g/mol. The van der Waals surface area contributed by atoms with Gasteiger partial charge in [-0.1, -0.05) is 0 Å². The van der Waals surface area contributed by atoms with E-state index in [-0.39, 0.29) is 27.4 Å². The van der Waals surface area contributed by atoms with Crippen LogP contribution in [0.15, 0.2) is 0 Å². The first kappa shape index (κ1) is 188. The molecule has 0 aliphatic heterocycles. The minimum Gasteiger partial charge on any atom is -0.412 e. The van der Waals surface area contributed by atoms with Gasteiger partial charge in [-0.3, -0.25) is 21.0 Å². The van der Waals surface area contributed by atoms with Crippen LogP contribution in [0.5, 0.6) is 0 Å². The maximum Gasteiger partial charge on any atom is -0.255 e. The molecule has 0 amide bonds. The molecule has 0 heterocycles. The van der Waals surface area contributed by atoms with Gasteiger partial charge in [0.05, 0.1) is 0 Å². The molecule has 0 aliphatic rings. The van der Waals surface area contributed by atoms with Gasteiger partial charge < -0.3 is 27.4 Å². The van der Waals surface area contributed by atoms with Gasteiger partial charge in [0.1, 0.15) is 0 Å². The molecule has 0 aliphatic carbocycles. The van der Waals surface area contributed by atoms with Crippen molar-refractivity contribution in [2.24, 2.45) is 0 Å². The Kier molecular flexibility index (Phi) is 54100. The Morgan fingerprint density at radius 2 is 0.333 bits per heavy atom. The van der Waals surface area contributed by atoms with Crippen LogP contribution in [0.1, 0.15) is 0 Å². The van der Waals surface area contributed by atoms with Gasteiger partial charge in [0.15, 0.2) is 0 Å². The lowest BCUT2D eigenvalue weighted by Gasteiger charge is -1.25. The van der Waals surface area contributed by atoms with E-state index in [9.17, 15) is 0 Å². The molecule has 14 N–H and O–H groups in total. The van der Waals surface area contributed by atoms with Crippen molar-refractivity contribution >= 4 is 0 Å². The van der Waals surface area contributed by atoms with Crippen molar-refractivity contribution in [1.29, 1.82) is 0 Å². The van der Waals surface area contributed by atoms with Crippen LogP contribution in [-0.2, 0) is 0 Å². The summed E-state index contributed by atoms with van der Waals surface area (Å²) in [5, 5.41) is 24.0. The summed E-state index contributed by atoms with van der Waals surface area (Å²) >= 11 is 0. The van der Waals surface area contributed by atoms with Crippen molar-refractivity contribution in [3.63, 3.8) is 0 Å². The normalized spacial score (nSPS) is 1.33. The first-order valence-electron chi connectivity index (χ1n) is 0.400. The molecule has 9 heteroatoms. The van der Waals surface area contributed by atoms with Crippen LogP contribution in [0.4, 0.5) is 0 Å². The predicted molar refractivity (Wildman–Crippen MR) is 28.6 cm³/mol. The van der Waals surface area contributed by atoms with E-state index < -0.39 is 0 Å². The molecule has 0 aromatic rings. The number of rotatable bonds is 0. The molecule has 0 saturated heterocycles. The third kappa shape index (κ3) is 1880. The van der Waals surface area contributed by atoms with Crippen molar-refractivity contribution < 1.29 is 48.4 Å². The van der Waals surface area contributed by atoms with Crippen molar-refractivity contribution in [3.8, 4) is 0 Å². The summed E-state index contributed by atoms with van der Waals surface area (Å²) in [7, 11) is 0.